The van der Waals surface area contributed by atoms with Gasteiger partial charge in [-0.2, -0.15) is 0 Å². The summed E-state index contributed by atoms with van der Waals surface area (Å²) < 4.78 is 6.67. The zero-order chi connectivity index (χ0) is 22.9. The van der Waals surface area contributed by atoms with E-state index in [1.807, 2.05) is 62.1 Å². The van der Waals surface area contributed by atoms with Gasteiger partial charge in [0, 0.05) is 16.1 Å². The Kier molecular flexibility index (Phi) is 4.52. The molecule has 3 heterocycles. The number of amides is 1. The number of ether oxygens (including phenoxy) is 1. The Bertz CT molecular complexity index is 1410. The van der Waals surface area contributed by atoms with Crippen LogP contribution >= 0.6 is 15.9 Å². The number of likely N-dealkylation sites (tertiary alicyclic amines) is 1. The quantitative estimate of drug-likeness (QED) is 0.360. The van der Waals surface area contributed by atoms with E-state index in [0.29, 0.717) is 5.92 Å². The summed E-state index contributed by atoms with van der Waals surface area (Å²) in [4.78, 5) is 32.4. The van der Waals surface area contributed by atoms with Gasteiger partial charge in [0.1, 0.15) is 11.4 Å². The maximum Gasteiger partial charge on any atom is 0.411 e. The Hall–Kier alpha value is -3.00. The van der Waals surface area contributed by atoms with Crippen LogP contribution in [0.2, 0.25) is 0 Å². The molecule has 0 radical (unpaired) electrons. The minimum absolute atomic E-state index is 0.0849. The van der Waals surface area contributed by atoms with Crippen molar-refractivity contribution in [3.63, 3.8) is 0 Å². The zero-order valence-electron chi connectivity index (χ0n) is 18.7. The first kappa shape index (κ1) is 20.6. The van der Waals surface area contributed by atoms with Gasteiger partial charge in [0.25, 0.3) is 0 Å². The highest BCUT2D eigenvalue weighted by Gasteiger charge is 2.56. The molecule has 4 aromatic rings. The van der Waals surface area contributed by atoms with Gasteiger partial charge in [-0.3, -0.25) is 9.88 Å². The fourth-order valence-electron chi connectivity index (χ4n) is 4.75. The number of rotatable bonds is 2. The third-order valence-electron chi connectivity index (χ3n) is 6.32. The number of nitrogens with one attached hydrogen (secondary N) is 1. The molecule has 3 atom stereocenters. The number of aromatic amines is 1. The number of fused-ring (bicyclic) bond motifs is 3. The minimum atomic E-state index is -0.519. The Balaban J connectivity index is 1.32. The summed E-state index contributed by atoms with van der Waals surface area (Å²) in [7, 11) is 0. The highest BCUT2D eigenvalue weighted by atomic mass is 79.9. The number of benzene rings is 2. The molecule has 1 saturated heterocycles. The molecule has 2 fully saturated rings. The second-order valence-corrected chi connectivity index (χ2v) is 10.9. The minimum Gasteiger partial charge on any atom is -0.444 e. The zero-order valence-corrected chi connectivity index (χ0v) is 20.3. The van der Waals surface area contributed by atoms with E-state index in [9.17, 15) is 4.79 Å². The number of hydrogen-bond acceptors (Lipinski definition) is 5. The molecule has 33 heavy (non-hydrogen) atoms. The number of nitrogens with zero attached hydrogens (tertiary/aromatic N) is 4. The fraction of sp³-hybridized carbons (Fsp3) is 0.360. The summed E-state index contributed by atoms with van der Waals surface area (Å²) in [5, 5.41) is 0. The summed E-state index contributed by atoms with van der Waals surface area (Å²) in [6, 6.07) is 12.1. The van der Waals surface area contributed by atoms with E-state index in [1.165, 1.54) is 0 Å². The molecule has 0 spiro atoms. The molecular formula is C25H24BrN5O2. The lowest BCUT2D eigenvalue weighted by Gasteiger charge is -2.29. The number of carbonyl (C=O) groups is 1. The van der Waals surface area contributed by atoms with Crippen molar-refractivity contribution >= 4 is 44.1 Å². The number of halogens is 1. The molecule has 2 aliphatic rings. The van der Waals surface area contributed by atoms with Gasteiger partial charge in [-0.15, -0.1) is 0 Å². The van der Waals surface area contributed by atoms with E-state index >= 15 is 0 Å². The van der Waals surface area contributed by atoms with Gasteiger partial charge in [-0.25, -0.2) is 14.8 Å². The Morgan fingerprint density at radius 1 is 1.09 bits per heavy atom. The molecule has 7 nitrogen and oxygen atoms in total. The number of H-pyrrole nitrogens is 1. The van der Waals surface area contributed by atoms with Crippen LogP contribution in [0.15, 0.2) is 47.1 Å². The summed E-state index contributed by atoms with van der Waals surface area (Å²) in [6.07, 6.45) is 3.51. The average Bonchev–Trinajstić information content (AvgIpc) is 3.22. The van der Waals surface area contributed by atoms with Crippen molar-refractivity contribution in [1.82, 2.24) is 24.8 Å². The standard InChI is InChI=1S/C25H24BrN5O2/c1-25(2,3)33-24(32)31-21-9-14(21)10-22(31)23-29-17-6-4-13(8-19(17)30-23)20-12-27-18-11-15(26)5-7-16(18)28-20/h4-8,11-12,14,21-22H,9-10H2,1-3H3,(H,29,30)/t14-,21?,22+/m1/s1. The third-order valence-corrected chi connectivity index (χ3v) is 6.82. The van der Waals surface area contributed by atoms with E-state index in [1.54, 1.807) is 6.20 Å². The summed E-state index contributed by atoms with van der Waals surface area (Å²) >= 11 is 3.48. The highest BCUT2D eigenvalue weighted by Crippen LogP contribution is 2.53. The number of imidazole rings is 1. The lowest BCUT2D eigenvalue weighted by atomic mass is 10.1. The van der Waals surface area contributed by atoms with Gasteiger partial charge in [0.05, 0.1) is 40.0 Å². The van der Waals surface area contributed by atoms with Crippen LogP contribution in [0.3, 0.4) is 0 Å². The van der Waals surface area contributed by atoms with Crippen LogP contribution in [-0.4, -0.2) is 42.6 Å². The normalized spacial score (nSPS) is 22.1. The van der Waals surface area contributed by atoms with Crippen LogP contribution in [0.1, 0.15) is 45.5 Å². The molecule has 2 aromatic carbocycles. The van der Waals surface area contributed by atoms with E-state index in [4.69, 9.17) is 14.7 Å². The molecule has 6 rings (SSSR count). The second-order valence-electron chi connectivity index (χ2n) is 9.94. The van der Waals surface area contributed by atoms with Gasteiger partial charge in [0.15, 0.2) is 0 Å². The number of carbonyl (C=O) groups excluding carboxylic acids is 1. The molecule has 1 saturated carbocycles. The van der Waals surface area contributed by atoms with Gasteiger partial charge in [-0.1, -0.05) is 22.0 Å². The van der Waals surface area contributed by atoms with Crippen molar-refractivity contribution in [3.05, 3.63) is 52.9 Å². The molecule has 1 unspecified atom stereocenters. The Morgan fingerprint density at radius 3 is 2.73 bits per heavy atom. The number of piperidine rings is 1. The van der Waals surface area contributed by atoms with Gasteiger partial charge < -0.3 is 9.72 Å². The maximum atomic E-state index is 12.9. The lowest BCUT2D eigenvalue weighted by Crippen LogP contribution is -2.38. The summed E-state index contributed by atoms with van der Waals surface area (Å²) in [5.41, 5.74) is 4.74. The SMILES string of the molecule is CC(C)(C)OC(=O)N1C2C[C@@H]2C[C@H]1c1nc2ccc(-c3cnc4cc(Br)ccc4n3)cc2[nH]1. The van der Waals surface area contributed by atoms with Crippen LogP contribution in [-0.2, 0) is 4.74 Å². The van der Waals surface area contributed by atoms with Gasteiger partial charge in [-0.05, 0) is 69.9 Å². The molecule has 1 aliphatic carbocycles. The first-order valence-electron chi connectivity index (χ1n) is 11.2. The van der Waals surface area contributed by atoms with Gasteiger partial charge in [0.2, 0.25) is 0 Å². The van der Waals surface area contributed by atoms with Crippen molar-refractivity contribution in [2.24, 2.45) is 5.92 Å². The topological polar surface area (TPSA) is 84.0 Å². The van der Waals surface area contributed by atoms with Crippen LogP contribution in [0.4, 0.5) is 4.79 Å². The Labute approximate surface area is 199 Å². The number of aromatic nitrogens is 4. The molecule has 1 N–H and O–H groups in total. The predicted molar refractivity (Wildman–Crippen MR) is 130 cm³/mol. The molecule has 168 valence electrons. The summed E-state index contributed by atoms with van der Waals surface area (Å²) in [5.74, 6) is 1.36. The maximum absolute atomic E-state index is 12.9. The largest absolute Gasteiger partial charge is 0.444 e. The van der Waals surface area contributed by atoms with E-state index < -0.39 is 5.60 Å². The highest BCUT2D eigenvalue weighted by molar-refractivity contribution is 9.10. The first-order valence-corrected chi connectivity index (χ1v) is 12.0. The van der Waals surface area contributed by atoms with Crippen molar-refractivity contribution in [2.75, 3.05) is 0 Å². The molecule has 1 amide bonds. The molecule has 2 aromatic heterocycles. The molecular weight excluding hydrogens is 482 g/mol. The van der Waals surface area contributed by atoms with Crippen LogP contribution in [0.25, 0.3) is 33.3 Å². The van der Waals surface area contributed by atoms with Gasteiger partial charge >= 0.3 is 6.09 Å². The van der Waals surface area contributed by atoms with Crippen LogP contribution in [0, 0.1) is 5.92 Å². The first-order chi connectivity index (χ1) is 15.7. The average molecular weight is 506 g/mol. The van der Waals surface area contributed by atoms with Crippen molar-refractivity contribution in [2.45, 2.75) is 51.3 Å². The van der Waals surface area contributed by atoms with Crippen molar-refractivity contribution in [1.29, 1.82) is 0 Å². The molecule has 1 aliphatic heterocycles. The third kappa shape index (κ3) is 3.76. The van der Waals surface area contributed by atoms with Crippen molar-refractivity contribution < 1.29 is 9.53 Å². The van der Waals surface area contributed by atoms with E-state index in [-0.39, 0.29) is 18.2 Å². The predicted octanol–water partition coefficient (Wildman–Crippen LogP) is 6.01. The lowest BCUT2D eigenvalue weighted by molar-refractivity contribution is 0.0175. The molecule has 8 heteroatoms. The Morgan fingerprint density at radius 2 is 1.91 bits per heavy atom. The van der Waals surface area contributed by atoms with E-state index in [0.717, 1.165) is 56.5 Å². The smallest absolute Gasteiger partial charge is 0.411 e. The fourth-order valence-corrected chi connectivity index (χ4v) is 5.10. The monoisotopic (exact) mass is 505 g/mol. The van der Waals surface area contributed by atoms with Crippen molar-refractivity contribution in [3.8, 4) is 11.3 Å². The number of hydrogen-bond donors (Lipinski definition) is 1. The molecule has 0 bridgehead atoms. The second kappa shape index (κ2) is 7.25. The van der Waals surface area contributed by atoms with Crippen LogP contribution < -0.4 is 0 Å². The van der Waals surface area contributed by atoms with E-state index in [2.05, 4.69) is 25.9 Å². The summed E-state index contributed by atoms with van der Waals surface area (Å²) in [6.45, 7) is 5.70. The van der Waals surface area contributed by atoms with Crippen LogP contribution in [0.5, 0.6) is 0 Å².